The van der Waals surface area contributed by atoms with Crippen LogP contribution in [0.25, 0.3) is 5.53 Å². The minimum Gasteiger partial charge on any atom is -0.519 e. The van der Waals surface area contributed by atoms with Gasteiger partial charge in [-0.2, -0.15) is 12.8 Å². The number of nitrogens with one attached hydrogen (secondary N) is 1. The zero-order chi connectivity index (χ0) is 21.3. The molecular weight excluding hydrogens is 386 g/mol. The number of hydrazine groups is 1. The molecule has 0 radical (unpaired) electrons. The first-order valence-electron chi connectivity index (χ1n) is 9.82. The number of rotatable bonds is 6. The topological polar surface area (TPSA) is 88.8 Å². The van der Waals surface area contributed by atoms with Gasteiger partial charge in [-0.1, -0.05) is 59.7 Å². The summed E-state index contributed by atoms with van der Waals surface area (Å²) in [7, 11) is -3.97. The van der Waals surface area contributed by atoms with E-state index in [4.69, 9.17) is 0 Å². The van der Waals surface area contributed by atoms with Crippen LogP contribution in [0.2, 0.25) is 0 Å². The highest BCUT2D eigenvalue weighted by molar-refractivity contribution is 7.89. The van der Waals surface area contributed by atoms with E-state index in [1.54, 1.807) is 24.4 Å². The molecule has 1 aromatic heterocycles. The van der Waals surface area contributed by atoms with Crippen LogP contribution in [0.3, 0.4) is 0 Å². The molecule has 0 bridgehead atoms. The molecule has 1 aliphatic heterocycles. The van der Waals surface area contributed by atoms with Crippen molar-refractivity contribution in [2.75, 3.05) is 0 Å². The van der Waals surface area contributed by atoms with E-state index in [-0.39, 0.29) is 17.7 Å². The highest BCUT2D eigenvalue weighted by atomic mass is 32.2. The number of benzene rings is 1. The summed E-state index contributed by atoms with van der Waals surface area (Å²) in [6, 6.07) is 9.28. The van der Waals surface area contributed by atoms with Crippen molar-refractivity contribution in [2.45, 2.75) is 64.2 Å². The second-order valence-corrected chi connectivity index (χ2v) is 9.82. The third kappa shape index (κ3) is 4.00. The van der Waals surface area contributed by atoms with E-state index in [1.807, 2.05) is 39.8 Å². The molecule has 1 aliphatic rings. The lowest BCUT2D eigenvalue weighted by atomic mass is 9.89. The van der Waals surface area contributed by atoms with Crippen molar-refractivity contribution < 1.29 is 8.42 Å². The molecule has 0 fully saturated rings. The van der Waals surface area contributed by atoms with Gasteiger partial charge in [-0.05, 0) is 46.6 Å². The average molecular weight is 415 g/mol. The van der Waals surface area contributed by atoms with Crippen LogP contribution >= 0.6 is 0 Å². The molecule has 7 nitrogen and oxygen atoms in total. The number of sulfonamides is 1. The lowest BCUT2D eigenvalue weighted by molar-refractivity contribution is 0.485. The molecule has 0 spiro atoms. The Kier molecular flexibility index (Phi) is 5.95. The second kappa shape index (κ2) is 8.12. The van der Waals surface area contributed by atoms with Gasteiger partial charge in [0.15, 0.2) is 5.84 Å². The summed E-state index contributed by atoms with van der Waals surface area (Å²) in [5.74, 6) is 0.520. The highest BCUT2D eigenvalue weighted by Crippen LogP contribution is 2.37. The van der Waals surface area contributed by atoms with E-state index in [9.17, 15) is 8.42 Å². The molecule has 1 aromatic carbocycles. The summed E-state index contributed by atoms with van der Waals surface area (Å²) in [4.78, 5) is 4.55. The van der Waals surface area contributed by atoms with Crippen LogP contribution in [0.1, 0.15) is 81.7 Å². The summed E-state index contributed by atoms with van der Waals surface area (Å²) in [5.41, 5.74) is 9.46. The molecule has 29 heavy (non-hydrogen) atoms. The van der Waals surface area contributed by atoms with Crippen LogP contribution in [-0.2, 0) is 10.0 Å². The van der Waals surface area contributed by atoms with Crippen molar-refractivity contribution in [3.63, 3.8) is 0 Å². The second-order valence-electron chi connectivity index (χ2n) is 8.10. The first-order valence-corrected chi connectivity index (χ1v) is 11.3. The molecule has 2 heterocycles. The van der Waals surface area contributed by atoms with Gasteiger partial charge < -0.3 is 10.6 Å². The van der Waals surface area contributed by atoms with Gasteiger partial charge in [-0.15, -0.1) is 0 Å². The fourth-order valence-electron chi connectivity index (χ4n) is 3.29. The molecule has 0 atom stereocenters. The van der Waals surface area contributed by atoms with Crippen molar-refractivity contribution >= 4 is 15.9 Å². The van der Waals surface area contributed by atoms with Crippen molar-refractivity contribution in [1.29, 1.82) is 0 Å². The van der Waals surface area contributed by atoms with Crippen LogP contribution in [0.15, 0.2) is 46.5 Å². The smallest absolute Gasteiger partial charge is 0.278 e. The SMILES string of the molecule is CC(C)c1cc(C(C)C)c(S(=O)(=O)N2N[N-]N=C2c2ccccn2)c(C(C)C)c1. The van der Waals surface area contributed by atoms with E-state index in [0.29, 0.717) is 16.5 Å². The van der Waals surface area contributed by atoms with E-state index in [0.717, 1.165) is 21.1 Å². The van der Waals surface area contributed by atoms with E-state index in [2.05, 4.69) is 35.0 Å². The molecule has 0 unspecified atom stereocenters. The number of aromatic nitrogens is 1. The lowest BCUT2D eigenvalue weighted by Crippen LogP contribution is -2.42. The maximum absolute atomic E-state index is 13.8. The molecule has 0 saturated carbocycles. The van der Waals surface area contributed by atoms with Gasteiger partial charge in [-0.25, -0.2) is 0 Å². The first kappa shape index (κ1) is 21.3. The van der Waals surface area contributed by atoms with E-state index < -0.39 is 10.0 Å². The number of nitrogens with zero attached hydrogens (tertiary/aromatic N) is 4. The van der Waals surface area contributed by atoms with Crippen LogP contribution in [0.5, 0.6) is 0 Å². The Bertz CT molecular complexity index is 986. The summed E-state index contributed by atoms with van der Waals surface area (Å²) in [5, 5.41) is 3.99. The largest absolute Gasteiger partial charge is 0.519 e. The molecule has 1 N–H and O–H groups in total. The van der Waals surface area contributed by atoms with Gasteiger partial charge >= 0.3 is 0 Å². The van der Waals surface area contributed by atoms with E-state index in [1.165, 1.54) is 0 Å². The Morgan fingerprint density at radius 1 is 0.966 bits per heavy atom. The van der Waals surface area contributed by atoms with Crippen LogP contribution in [0.4, 0.5) is 0 Å². The maximum atomic E-state index is 13.8. The van der Waals surface area contributed by atoms with Crippen LogP contribution in [-0.4, -0.2) is 23.7 Å². The monoisotopic (exact) mass is 414 g/mol. The minimum absolute atomic E-state index is 0.0331. The van der Waals surface area contributed by atoms with Crippen LogP contribution in [0, 0.1) is 0 Å². The summed E-state index contributed by atoms with van der Waals surface area (Å²) >= 11 is 0. The highest BCUT2D eigenvalue weighted by Gasteiger charge is 2.34. The molecule has 0 amide bonds. The molecule has 156 valence electrons. The van der Waals surface area contributed by atoms with Crippen LogP contribution < -0.4 is 5.53 Å². The molecular formula is C21H28N5O2S-. The van der Waals surface area contributed by atoms with Gasteiger partial charge in [0.05, 0.1) is 4.90 Å². The molecule has 3 rings (SSSR count). The average Bonchev–Trinajstić information content (AvgIpc) is 3.18. The van der Waals surface area contributed by atoms with Crippen molar-refractivity contribution in [3.05, 3.63) is 64.4 Å². The molecule has 8 heteroatoms. The van der Waals surface area contributed by atoms with Gasteiger partial charge in [0.2, 0.25) is 0 Å². The number of pyridine rings is 1. The molecule has 0 aliphatic carbocycles. The predicted molar refractivity (Wildman–Crippen MR) is 115 cm³/mol. The van der Waals surface area contributed by atoms with Gasteiger partial charge in [-0.3, -0.25) is 10.5 Å². The lowest BCUT2D eigenvalue weighted by Gasteiger charge is -2.28. The minimum atomic E-state index is -3.97. The summed E-state index contributed by atoms with van der Waals surface area (Å²) in [6.07, 6.45) is 1.59. The summed E-state index contributed by atoms with van der Waals surface area (Å²) in [6.45, 7) is 12.3. The standard InChI is InChI=1S/C21H28N5O2S/c1-13(2)16-11-17(14(3)4)20(18(12-16)15(5)6)29(27,28)26-21(23-24-25-26)19-9-7-8-10-22-19/h7-15,25H,1-6H3/q-1. The van der Waals surface area contributed by atoms with Crippen molar-refractivity contribution in [3.8, 4) is 0 Å². The van der Waals surface area contributed by atoms with Gasteiger partial charge in [0.1, 0.15) is 5.69 Å². The molecule has 2 aromatic rings. The normalized spacial score (nSPS) is 14.7. The Labute approximate surface area is 173 Å². The van der Waals surface area contributed by atoms with Crippen molar-refractivity contribution in [1.82, 2.24) is 14.9 Å². The quantitative estimate of drug-likeness (QED) is 0.747. The van der Waals surface area contributed by atoms with Gasteiger partial charge in [0.25, 0.3) is 10.0 Å². The number of amidine groups is 1. The Morgan fingerprint density at radius 3 is 2.07 bits per heavy atom. The number of hydrogen-bond acceptors (Lipinski definition) is 5. The zero-order valence-corrected chi connectivity index (χ0v) is 18.5. The molecule has 0 saturated heterocycles. The first-order chi connectivity index (χ1) is 13.6. The Hall–Kier alpha value is -2.45. The fourth-order valence-corrected chi connectivity index (χ4v) is 5.16. The summed E-state index contributed by atoms with van der Waals surface area (Å²) < 4.78 is 28.7. The zero-order valence-electron chi connectivity index (χ0n) is 17.7. The third-order valence-electron chi connectivity index (χ3n) is 4.94. The maximum Gasteiger partial charge on any atom is 0.278 e. The Balaban J connectivity index is 2.22. The van der Waals surface area contributed by atoms with E-state index >= 15 is 0 Å². The predicted octanol–water partition coefficient (Wildman–Crippen LogP) is 4.61. The van der Waals surface area contributed by atoms with Gasteiger partial charge in [0, 0.05) is 6.20 Å². The number of hydrogen-bond donors (Lipinski definition) is 1. The fraction of sp³-hybridized carbons (Fsp3) is 0.429. The van der Waals surface area contributed by atoms with Crippen molar-refractivity contribution in [2.24, 2.45) is 5.10 Å². The third-order valence-corrected chi connectivity index (χ3v) is 6.67. The Morgan fingerprint density at radius 2 is 1.59 bits per heavy atom.